The van der Waals surface area contributed by atoms with E-state index in [1.807, 2.05) is 12.1 Å². The number of amides is 1. The molecular weight excluding hydrogens is 461 g/mol. The molecule has 2 aromatic carbocycles. The van der Waals surface area contributed by atoms with E-state index < -0.39 is 17.9 Å². The van der Waals surface area contributed by atoms with Gasteiger partial charge in [0, 0.05) is 16.6 Å². The minimum Gasteiger partial charge on any atom is -0.466 e. The van der Waals surface area contributed by atoms with E-state index in [-0.39, 0.29) is 24.1 Å². The molecule has 4 N–H and O–H groups in total. The Morgan fingerprint density at radius 2 is 2.00 bits per heavy atom. The smallest absolute Gasteiger partial charge is 0.309 e. The van der Waals surface area contributed by atoms with Gasteiger partial charge in [0.25, 0.3) is 5.91 Å². The van der Waals surface area contributed by atoms with Crippen molar-refractivity contribution in [1.29, 1.82) is 0 Å². The van der Waals surface area contributed by atoms with E-state index in [1.165, 1.54) is 18.3 Å². The van der Waals surface area contributed by atoms with Gasteiger partial charge in [-0.1, -0.05) is 41.1 Å². The molecule has 0 saturated heterocycles. The number of aromatic amines is 1. The Kier molecular flexibility index (Phi) is 9.12. The summed E-state index contributed by atoms with van der Waals surface area (Å²) in [6, 6.07) is 11.3. The summed E-state index contributed by atoms with van der Waals surface area (Å²) in [7, 11) is 0. The number of hydrogen-bond acceptors (Lipinski definition) is 6. The number of nitrogens with zero attached hydrogens (tertiary/aromatic N) is 2. The van der Waals surface area contributed by atoms with Gasteiger partial charge in [0.15, 0.2) is 5.69 Å². The third kappa shape index (κ3) is 6.85. The molecule has 3 aromatic rings. The summed E-state index contributed by atoms with van der Waals surface area (Å²) in [4.78, 5) is 25.1. The fourth-order valence-corrected chi connectivity index (χ4v) is 3.90. The van der Waals surface area contributed by atoms with E-state index in [0.29, 0.717) is 42.0 Å². The van der Waals surface area contributed by atoms with Crippen molar-refractivity contribution in [2.45, 2.75) is 32.2 Å². The Morgan fingerprint density at radius 1 is 1.24 bits per heavy atom. The van der Waals surface area contributed by atoms with Gasteiger partial charge in [0.2, 0.25) is 0 Å². The fourth-order valence-electron chi connectivity index (χ4n) is 3.73. The number of nitrogens with two attached hydrogens (primary N) is 1. The lowest BCUT2D eigenvalue weighted by molar-refractivity contribution is -0.148. The molecule has 0 radical (unpaired) electrons. The van der Waals surface area contributed by atoms with Gasteiger partial charge in [0.05, 0.1) is 18.7 Å². The predicted molar refractivity (Wildman–Crippen MR) is 127 cm³/mol. The molecule has 180 valence electrons. The SMILES string of the molecule is CCOC(=O)[C@H](CCN)C[C@@H](Cc1ccc(-c2cc(Cl)ccc2F)cc1)NC(=O)c1c[nH]nn1. The highest BCUT2D eigenvalue weighted by Crippen LogP contribution is 2.27. The molecule has 2 atom stereocenters. The van der Waals surface area contributed by atoms with E-state index >= 15 is 0 Å². The van der Waals surface area contributed by atoms with Crippen molar-refractivity contribution in [3.05, 3.63) is 70.8 Å². The van der Waals surface area contributed by atoms with E-state index in [9.17, 15) is 14.0 Å². The van der Waals surface area contributed by atoms with Crippen LogP contribution in [0.2, 0.25) is 5.02 Å². The Labute approximate surface area is 202 Å². The van der Waals surface area contributed by atoms with Gasteiger partial charge in [-0.15, -0.1) is 5.10 Å². The lowest BCUT2D eigenvalue weighted by Gasteiger charge is -2.23. The van der Waals surface area contributed by atoms with E-state index in [2.05, 4.69) is 20.7 Å². The minimum absolute atomic E-state index is 0.142. The summed E-state index contributed by atoms with van der Waals surface area (Å²) in [5.74, 6) is -1.59. The van der Waals surface area contributed by atoms with Crippen LogP contribution < -0.4 is 11.1 Å². The van der Waals surface area contributed by atoms with Crippen molar-refractivity contribution in [3.8, 4) is 11.1 Å². The maximum atomic E-state index is 14.2. The first-order valence-corrected chi connectivity index (χ1v) is 11.4. The number of hydrogen-bond donors (Lipinski definition) is 3. The second kappa shape index (κ2) is 12.2. The Hall–Kier alpha value is -3.30. The van der Waals surface area contributed by atoms with Gasteiger partial charge in [-0.3, -0.25) is 14.7 Å². The van der Waals surface area contributed by atoms with E-state index in [4.69, 9.17) is 22.1 Å². The maximum Gasteiger partial charge on any atom is 0.309 e. The zero-order valence-electron chi connectivity index (χ0n) is 18.8. The molecule has 0 aliphatic rings. The number of ether oxygens (including phenoxy) is 1. The van der Waals surface area contributed by atoms with Crippen LogP contribution in [-0.2, 0) is 16.0 Å². The number of benzene rings is 2. The van der Waals surface area contributed by atoms with Crippen LogP contribution in [0.5, 0.6) is 0 Å². The van der Waals surface area contributed by atoms with Crippen LogP contribution in [0.4, 0.5) is 4.39 Å². The molecule has 1 heterocycles. The number of nitrogens with one attached hydrogen (secondary N) is 2. The molecule has 10 heteroatoms. The monoisotopic (exact) mass is 487 g/mol. The lowest BCUT2D eigenvalue weighted by Crippen LogP contribution is -2.40. The summed E-state index contributed by atoms with van der Waals surface area (Å²) in [5.41, 5.74) is 7.83. The first-order chi connectivity index (χ1) is 16.4. The number of carbonyl (C=O) groups excluding carboxylic acids is 2. The number of halogens is 2. The van der Waals surface area contributed by atoms with Crippen LogP contribution in [0.25, 0.3) is 11.1 Å². The maximum absolute atomic E-state index is 14.2. The van der Waals surface area contributed by atoms with Gasteiger partial charge in [0.1, 0.15) is 5.82 Å². The number of rotatable bonds is 11. The molecule has 0 spiro atoms. The highest BCUT2D eigenvalue weighted by molar-refractivity contribution is 6.30. The molecule has 0 saturated carbocycles. The van der Waals surface area contributed by atoms with Crippen molar-refractivity contribution >= 4 is 23.5 Å². The largest absolute Gasteiger partial charge is 0.466 e. The minimum atomic E-state index is -0.465. The molecule has 0 fully saturated rings. The average Bonchev–Trinajstić information content (AvgIpc) is 3.36. The standard InChI is InChI=1S/C24H27ClFN5O3/c1-2-34-24(33)17(9-10-27)12-19(29-23(32)22-14-28-31-30-22)11-15-3-5-16(6-4-15)20-13-18(25)7-8-21(20)26/h3-8,13-14,17,19H,2,9-12,27H2,1H3,(H,29,32)(H,28,30,31)/t17-,19-/m1/s1. The summed E-state index contributed by atoms with van der Waals surface area (Å²) in [5, 5.41) is 13.2. The van der Waals surface area contributed by atoms with E-state index in [1.54, 1.807) is 25.1 Å². The molecule has 0 aliphatic heterocycles. The number of H-pyrrole nitrogens is 1. The lowest BCUT2D eigenvalue weighted by atomic mass is 9.92. The van der Waals surface area contributed by atoms with Crippen LogP contribution in [-0.4, -0.2) is 46.5 Å². The highest BCUT2D eigenvalue weighted by atomic mass is 35.5. The normalized spacial score (nSPS) is 12.7. The molecule has 1 amide bonds. The molecule has 34 heavy (non-hydrogen) atoms. The Bertz CT molecular complexity index is 1090. The van der Waals surface area contributed by atoms with E-state index in [0.717, 1.165) is 5.56 Å². The highest BCUT2D eigenvalue weighted by Gasteiger charge is 2.26. The van der Waals surface area contributed by atoms with Crippen LogP contribution in [0.15, 0.2) is 48.7 Å². The summed E-state index contributed by atoms with van der Waals surface area (Å²) in [6.07, 6.45) is 2.60. The molecule has 0 aliphatic carbocycles. The predicted octanol–water partition coefficient (Wildman–Crippen LogP) is 3.52. The van der Waals surface area contributed by atoms with Gasteiger partial charge in [-0.2, -0.15) is 0 Å². The van der Waals surface area contributed by atoms with Gasteiger partial charge in [-0.05, 0) is 62.1 Å². The molecule has 8 nitrogen and oxygen atoms in total. The molecule has 0 bridgehead atoms. The number of aromatic nitrogens is 3. The van der Waals surface area contributed by atoms with Crippen molar-refractivity contribution in [1.82, 2.24) is 20.7 Å². The van der Waals surface area contributed by atoms with Crippen molar-refractivity contribution in [3.63, 3.8) is 0 Å². The van der Waals surface area contributed by atoms with Crippen LogP contribution in [0.1, 0.15) is 35.8 Å². The van der Waals surface area contributed by atoms with Crippen LogP contribution >= 0.6 is 11.6 Å². The summed E-state index contributed by atoms with van der Waals surface area (Å²) in [6.45, 7) is 2.32. The third-order valence-electron chi connectivity index (χ3n) is 5.36. The fraction of sp³-hybridized carbons (Fsp3) is 0.333. The summed E-state index contributed by atoms with van der Waals surface area (Å²) >= 11 is 6.01. The quantitative estimate of drug-likeness (QED) is 0.355. The zero-order chi connectivity index (χ0) is 24.5. The molecular formula is C24H27ClFN5O3. The molecule has 1 aromatic heterocycles. The van der Waals surface area contributed by atoms with Gasteiger partial charge >= 0.3 is 5.97 Å². The number of esters is 1. The number of carbonyl (C=O) groups is 2. The molecule has 3 rings (SSSR count). The first-order valence-electron chi connectivity index (χ1n) is 11.0. The van der Waals surface area contributed by atoms with Crippen molar-refractivity contribution < 1.29 is 18.7 Å². The van der Waals surface area contributed by atoms with Crippen LogP contribution in [0, 0.1) is 11.7 Å². The average molecular weight is 488 g/mol. The van der Waals surface area contributed by atoms with Crippen molar-refractivity contribution in [2.75, 3.05) is 13.2 Å². The van der Waals surface area contributed by atoms with Crippen molar-refractivity contribution in [2.24, 2.45) is 11.7 Å². The second-order valence-electron chi connectivity index (χ2n) is 7.82. The second-order valence-corrected chi connectivity index (χ2v) is 8.25. The topological polar surface area (TPSA) is 123 Å². The Balaban J connectivity index is 1.80. The van der Waals surface area contributed by atoms with Gasteiger partial charge in [-0.25, -0.2) is 4.39 Å². The zero-order valence-corrected chi connectivity index (χ0v) is 19.5. The Morgan fingerprint density at radius 3 is 2.65 bits per heavy atom. The molecule has 0 unspecified atom stereocenters. The van der Waals surface area contributed by atoms with Crippen LogP contribution in [0.3, 0.4) is 0 Å². The summed E-state index contributed by atoms with van der Waals surface area (Å²) < 4.78 is 19.4. The van der Waals surface area contributed by atoms with Gasteiger partial charge < -0.3 is 15.8 Å². The first kappa shape index (κ1) is 25.3. The third-order valence-corrected chi connectivity index (χ3v) is 5.60.